The van der Waals surface area contributed by atoms with E-state index in [1.807, 2.05) is 18.2 Å². The summed E-state index contributed by atoms with van der Waals surface area (Å²) in [5.41, 5.74) is 9.06. The molecule has 0 aliphatic carbocycles. The molecule has 1 aliphatic heterocycles. The molecule has 1 aliphatic rings. The van der Waals surface area contributed by atoms with Gasteiger partial charge < -0.3 is 10.6 Å². The van der Waals surface area contributed by atoms with Gasteiger partial charge in [0.15, 0.2) is 0 Å². The van der Waals surface area contributed by atoms with Gasteiger partial charge in [0, 0.05) is 17.9 Å². The number of hydrogen-bond donors (Lipinski definition) is 1. The molecule has 1 aromatic rings. The van der Waals surface area contributed by atoms with Crippen molar-refractivity contribution >= 4 is 5.69 Å². The minimum atomic E-state index is 0.339. The second-order valence-electron chi connectivity index (χ2n) is 5.12. The standard InChI is InChI=1S/C16H22N2/c1-4-16(18-10-9-12(2)13(18)3)11-14-5-7-15(17)8-6-14/h4-8,12,16H,1,3,9-11,17H2,2H3. The smallest absolute Gasteiger partial charge is 0.0507 e. The Morgan fingerprint density at radius 1 is 1.44 bits per heavy atom. The zero-order valence-corrected chi connectivity index (χ0v) is 11.1. The lowest BCUT2D eigenvalue weighted by Gasteiger charge is -2.29. The van der Waals surface area contributed by atoms with E-state index in [2.05, 4.69) is 37.1 Å². The highest BCUT2D eigenvalue weighted by Gasteiger charge is 2.26. The third-order valence-corrected chi connectivity index (χ3v) is 3.84. The van der Waals surface area contributed by atoms with E-state index in [0.29, 0.717) is 12.0 Å². The first-order valence-corrected chi connectivity index (χ1v) is 6.54. The fourth-order valence-electron chi connectivity index (χ4n) is 2.52. The molecule has 18 heavy (non-hydrogen) atoms. The fraction of sp³-hybridized carbons (Fsp3) is 0.375. The molecule has 2 nitrogen and oxygen atoms in total. The zero-order chi connectivity index (χ0) is 13.1. The number of nitrogens with two attached hydrogens (primary N) is 1. The summed E-state index contributed by atoms with van der Waals surface area (Å²) in [7, 11) is 0. The number of nitrogens with zero attached hydrogens (tertiary/aromatic N) is 1. The van der Waals surface area contributed by atoms with Gasteiger partial charge in [-0.15, -0.1) is 6.58 Å². The Hall–Kier alpha value is -1.70. The molecule has 0 aromatic heterocycles. The third kappa shape index (κ3) is 2.58. The van der Waals surface area contributed by atoms with Crippen LogP contribution in [-0.2, 0) is 6.42 Å². The van der Waals surface area contributed by atoms with Crippen LogP contribution in [0.4, 0.5) is 5.69 Å². The van der Waals surface area contributed by atoms with Gasteiger partial charge >= 0.3 is 0 Å². The number of anilines is 1. The number of allylic oxidation sites excluding steroid dienone is 1. The van der Waals surface area contributed by atoms with Crippen LogP contribution >= 0.6 is 0 Å². The monoisotopic (exact) mass is 242 g/mol. The molecule has 1 aromatic carbocycles. The Labute approximate surface area is 110 Å². The summed E-state index contributed by atoms with van der Waals surface area (Å²) >= 11 is 0. The first kappa shape index (κ1) is 12.7. The fourth-order valence-corrected chi connectivity index (χ4v) is 2.52. The maximum atomic E-state index is 5.71. The van der Waals surface area contributed by atoms with Crippen LogP contribution in [0.2, 0.25) is 0 Å². The van der Waals surface area contributed by atoms with Crippen LogP contribution in [0.15, 0.2) is 49.2 Å². The second kappa shape index (κ2) is 5.30. The maximum absolute atomic E-state index is 5.71. The van der Waals surface area contributed by atoms with E-state index >= 15 is 0 Å². The van der Waals surface area contributed by atoms with E-state index < -0.39 is 0 Å². The largest absolute Gasteiger partial charge is 0.399 e. The summed E-state index contributed by atoms with van der Waals surface area (Å²) in [6.45, 7) is 11.5. The quantitative estimate of drug-likeness (QED) is 0.649. The van der Waals surface area contributed by atoms with Gasteiger partial charge in [-0.1, -0.05) is 31.7 Å². The molecule has 2 N–H and O–H groups in total. The predicted molar refractivity (Wildman–Crippen MR) is 78.2 cm³/mol. The van der Waals surface area contributed by atoms with Crippen LogP contribution in [0.25, 0.3) is 0 Å². The van der Waals surface area contributed by atoms with Crippen molar-refractivity contribution < 1.29 is 0 Å². The summed E-state index contributed by atoms with van der Waals surface area (Å²) in [5.74, 6) is 0.596. The summed E-state index contributed by atoms with van der Waals surface area (Å²) in [6, 6.07) is 8.43. The lowest BCUT2D eigenvalue weighted by molar-refractivity contribution is 0.329. The van der Waals surface area contributed by atoms with Gasteiger partial charge in [-0.3, -0.25) is 0 Å². The number of benzene rings is 1. The van der Waals surface area contributed by atoms with Crippen molar-refractivity contribution in [2.24, 2.45) is 5.92 Å². The lowest BCUT2D eigenvalue weighted by Crippen LogP contribution is -2.31. The molecule has 2 heteroatoms. The average molecular weight is 242 g/mol. The number of hydrogen-bond acceptors (Lipinski definition) is 2. The van der Waals surface area contributed by atoms with Crippen molar-refractivity contribution in [3.05, 3.63) is 54.8 Å². The Bertz CT molecular complexity index is 433. The summed E-state index contributed by atoms with van der Waals surface area (Å²) < 4.78 is 0. The van der Waals surface area contributed by atoms with Crippen molar-refractivity contribution in [3.63, 3.8) is 0 Å². The molecule has 0 amide bonds. The Morgan fingerprint density at radius 3 is 2.61 bits per heavy atom. The van der Waals surface area contributed by atoms with Crippen molar-refractivity contribution in [1.29, 1.82) is 0 Å². The highest BCUT2D eigenvalue weighted by Crippen LogP contribution is 2.29. The number of nitrogen functional groups attached to an aromatic ring is 1. The van der Waals surface area contributed by atoms with Crippen molar-refractivity contribution in [2.75, 3.05) is 12.3 Å². The van der Waals surface area contributed by atoms with Crippen molar-refractivity contribution in [1.82, 2.24) is 4.90 Å². The topological polar surface area (TPSA) is 29.3 Å². The SMILES string of the molecule is C=CC(Cc1ccc(N)cc1)N1CCC(C)C1=C. The zero-order valence-electron chi connectivity index (χ0n) is 11.1. The normalized spacial score (nSPS) is 21.1. The molecule has 1 saturated heterocycles. The molecule has 2 rings (SSSR count). The molecule has 1 heterocycles. The van der Waals surface area contributed by atoms with Gasteiger partial charge in [0.25, 0.3) is 0 Å². The van der Waals surface area contributed by atoms with Crippen LogP contribution in [0.3, 0.4) is 0 Å². The van der Waals surface area contributed by atoms with Gasteiger partial charge in [0.1, 0.15) is 0 Å². The Balaban J connectivity index is 2.08. The summed E-state index contributed by atoms with van der Waals surface area (Å²) in [4.78, 5) is 2.38. The molecule has 2 unspecified atom stereocenters. The molecule has 0 saturated carbocycles. The highest BCUT2D eigenvalue weighted by atomic mass is 15.2. The van der Waals surface area contributed by atoms with Gasteiger partial charge in [-0.2, -0.15) is 0 Å². The number of rotatable bonds is 4. The first-order chi connectivity index (χ1) is 8.61. The van der Waals surface area contributed by atoms with Crippen LogP contribution in [0.5, 0.6) is 0 Å². The van der Waals surface area contributed by atoms with E-state index in [9.17, 15) is 0 Å². The van der Waals surface area contributed by atoms with Crippen LogP contribution in [0, 0.1) is 5.92 Å². The van der Waals surface area contributed by atoms with Crippen molar-refractivity contribution in [3.8, 4) is 0 Å². The predicted octanol–water partition coefficient (Wildman–Crippen LogP) is 3.22. The Morgan fingerprint density at radius 2 is 2.11 bits per heavy atom. The summed E-state index contributed by atoms with van der Waals surface area (Å²) in [5, 5.41) is 0. The molecular formula is C16H22N2. The Kier molecular flexibility index (Phi) is 3.75. The van der Waals surface area contributed by atoms with Crippen LogP contribution < -0.4 is 5.73 Å². The van der Waals surface area contributed by atoms with E-state index in [1.165, 1.54) is 17.7 Å². The second-order valence-corrected chi connectivity index (χ2v) is 5.12. The molecule has 0 spiro atoms. The van der Waals surface area contributed by atoms with E-state index in [1.54, 1.807) is 0 Å². The number of likely N-dealkylation sites (tertiary alicyclic amines) is 1. The maximum Gasteiger partial charge on any atom is 0.0507 e. The molecule has 1 fully saturated rings. The third-order valence-electron chi connectivity index (χ3n) is 3.84. The van der Waals surface area contributed by atoms with Gasteiger partial charge in [0.05, 0.1) is 6.04 Å². The first-order valence-electron chi connectivity index (χ1n) is 6.54. The minimum absolute atomic E-state index is 0.339. The van der Waals surface area contributed by atoms with Crippen molar-refractivity contribution in [2.45, 2.75) is 25.8 Å². The highest BCUT2D eigenvalue weighted by molar-refractivity contribution is 5.39. The lowest BCUT2D eigenvalue weighted by atomic mass is 10.0. The molecule has 96 valence electrons. The average Bonchev–Trinajstić information content (AvgIpc) is 2.70. The van der Waals surface area contributed by atoms with E-state index in [-0.39, 0.29) is 0 Å². The van der Waals surface area contributed by atoms with Crippen LogP contribution in [0.1, 0.15) is 18.9 Å². The molecule has 0 bridgehead atoms. The summed E-state index contributed by atoms with van der Waals surface area (Å²) in [6.07, 6.45) is 4.19. The van der Waals surface area contributed by atoms with Gasteiger partial charge in [-0.25, -0.2) is 0 Å². The van der Waals surface area contributed by atoms with Crippen LogP contribution in [-0.4, -0.2) is 17.5 Å². The minimum Gasteiger partial charge on any atom is -0.399 e. The van der Waals surface area contributed by atoms with E-state index in [4.69, 9.17) is 5.73 Å². The van der Waals surface area contributed by atoms with Gasteiger partial charge in [0.2, 0.25) is 0 Å². The van der Waals surface area contributed by atoms with Gasteiger partial charge in [-0.05, 0) is 36.5 Å². The molecule has 2 atom stereocenters. The molecule has 0 radical (unpaired) electrons. The van der Waals surface area contributed by atoms with E-state index in [0.717, 1.165) is 18.7 Å². The molecular weight excluding hydrogens is 220 g/mol.